The van der Waals surface area contributed by atoms with Gasteiger partial charge in [-0.1, -0.05) is 11.8 Å². The Labute approximate surface area is 106 Å². The van der Waals surface area contributed by atoms with Crippen LogP contribution in [-0.2, 0) is 4.79 Å². The summed E-state index contributed by atoms with van der Waals surface area (Å²) < 4.78 is 0. The molecular formula is C11H20N2O3S. The van der Waals surface area contributed by atoms with E-state index in [0.29, 0.717) is 19.5 Å². The normalized spacial score (nSPS) is 16.5. The summed E-state index contributed by atoms with van der Waals surface area (Å²) in [4.78, 5) is 26.3. The second kappa shape index (κ2) is 5.73. The third-order valence-corrected chi connectivity index (χ3v) is 3.38. The summed E-state index contributed by atoms with van der Waals surface area (Å²) >= 11 is 1.30. The lowest BCUT2D eigenvalue weighted by Crippen LogP contribution is -2.40. The van der Waals surface area contributed by atoms with Gasteiger partial charge in [-0.05, 0) is 13.8 Å². The van der Waals surface area contributed by atoms with Crippen LogP contribution in [0.5, 0.6) is 0 Å². The Kier molecular flexibility index (Phi) is 4.82. The Hall–Kier alpha value is -0.750. The summed E-state index contributed by atoms with van der Waals surface area (Å²) in [6.45, 7) is 4.83. The van der Waals surface area contributed by atoms with Crippen LogP contribution in [0.4, 0.5) is 4.79 Å². The molecule has 1 aliphatic heterocycles. The van der Waals surface area contributed by atoms with E-state index in [9.17, 15) is 14.7 Å². The molecule has 1 fully saturated rings. The van der Waals surface area contributed by atoms with Crippen LogP contribution in [0.3, 0.4) is 0 Å². The maximum absolute atomic E-state index is 11.8. The highest BCUT2D eigenvalue weighted by atomic mass is 32.2. The number of rotatable bonds is 5. The Bertz CT molecular complexity index is 302. The Balaban J connectivity index is 2.31. The van der Waals surface area contributed by atoms with Crippen LogP contribution in [-0.4, -0.2) is 64.1 Å². The fourth-order valence-corrected chi connectivity index (χ4v) is 2.57. The van der Waals surface area contributed by atoms with Crippen molar-refractivity contribution >= 4 is 22.9 Å². The number of carbonyl (C=O) groups excluding carboxylic acids is 2. The standard InChI is InChI=1S/C11H20N2O3S/c1-11(2,16)8-12(3)9(14)4-5-13-6-7-17-10(13)15/h16H,4-8H2,1-3H3. The van der Waals surface area contributed by atoms with Gasteiger partial charge in [0.1, 0.15) is 0 Å². The first kappa shape index (κ1) is 14.3. The van der Waals surface area contributed by atoms with E-state index in [1.165, 1.54) is 16.7 Å². The second-order valence-electron chi connectivity index (χ2n) is 4.91. The predicted molar refractivity (Wildman–Crippen MR) is 68.0 cm³/mol. The number of thioether (sulfide) groups is 1. The van der Waals surface area contributed by atoms with Gasteiger partial charge >= 0.3 is 0 Å². The number of amides is 2. The topological polar surface area (TPSA) is 60.9 Å². The van der Waals surface area contributed by atoms with Crippen molar-refractivity contribution in [2.45, 2.75) is 25.9 Å². The van der Waals surface area contributed by atoms with Crippen molar-refractivity contribution in [1.29, 1.82) is 0 Å². The SMILES string of the molecule is CN(CC(C)(C)O)C(=O)CCN1CCSC1=O. The molecule has 5 nitrogen and oxygen atoms in total. The Morgan fingerprint density at radius 3 is 2.71 bits per heavy atom. The van der Waals surface area contributed by atoms with E-state index in [-0.39, 0.29) is 11.1 Å². The highest BCUT2D eigenvalue weighted by Gasteiger charge is 2.23. The molecule has 1 heterocycles. The molecule has 0 aromatic rings. The largest absolute Gasteiger partial charge is 0.389 e. The molecule has 1 N–H and O–H groups in total. The van der Waals surface area contributed by atoms with Crippen molar-refractivity contribution in [3.8, 4) is 0 Å². The molecule has 0 aliphatic carbocycles. The number of hydrogen-bond donors (Lipinski definition) is 1. The van der Waals surface area contributed by atoms with Gasteiger partial charge in [0.2, 0.25) is 5.91 Å². The van der Waals surface area contributed by atoms with Gasteiger partial charge in [-0.25, -0.2) is 0 Å². The van der Waals surface area contributed by atoms with E-state index in [4.69, 9.17) is 0 Å². The zero-order valence-electron chi connectivity index (χ0n) is 10.6. The average Bonchev–Trinajstić information content (AvgIpc) is 2.57. The predicted octanol–water partition coefficient (Wildman–Crippen LogP) is 0.775. The van der Waals surface area contributed by atoms with Crippen LogP contribution in [0, 0.1) is 0 Å². The number of hydrogen-bond acceptors (Lipinski definition) is 4. The number of nitrogens with zero attached hydrogens (tertiary/aromatic N) is 2. The highest BCUT2D eigenvalue weighted by Crippen LogP contribution is 2.17. The van der Waals surface area contributed by atoms with E-state index in [2.05, 4.69) is 0 Å². The number of carbonyl (C=O) groups is 2. The van der Waals surface area contributed by atoms with Gasteiger partial charge in [-0.15, -0.1) is 0 Å². The van der Waals surface area contributed by atoms with Crippen molar-refractivity contribution in [2.75, 3.05) is 32.4 Å². The van der Waals surface area contributed by atoms with Crippen molar-refractivity contribution in [3.63, 3.8) is 0 Å². The van der Waals surface area contributed by atoms with Crippen LogP contribution < -0.4 is 0 Å². The summed E-state index contributed by atoms with van der Waals surface area (Å²) in [5, 5.41) is 9.66. The molecule has 0 radical (unpaired) electrons. The molecule has 0 atom stereocenters. The van der Waals surface area contributed by atoms with Gasteiger partial charge in [0.15, 0.2) is 0 Å². The van der Waals surface area contributed by atoms with Gasteiger partial charge in [0.25, 0.3) is 5.24 Å². The maximum Gasteiger partial charge on any atom is 0.281 e. The maximum atomic E-state index is 11.8. The third-order valence-electron chi connectivity index (χ3n) is 2.49. The highest BCUT2D eigenvalue weighted by molar-refractivity contribution is 8.13. The zero-order chi connectivity index (χ0) is 13.1. The molecule has 0 bridgehead atoms. The fourth-order valence-electron chi connectivity index (χ4n) is 1.72. The van der Waals surface area contributed by atoms with Gasteiger partial charge in [-0.2, -0.15) is 0 Å². The minimum Gasteiger partial charge on any atom is -0.389 e. The molecule has 0 unspecified atom stereocenters. The monoisotopic (exact) mass is 260 g/mol. The summed E-state index contributed by atoms with van der Waals surface area (Å²) in [6, 6.07) is 0. The number of likely N-dealkylation sites (N-methyl/N-ethyl adjacent to an activating group) is 1. The van der Waals surface area contributed by atoms with Gasteiger partial charge < -0.3 is 14.9 Å². The second-order valence-corrected chi connectivity index (χ2v) is 5.96. The van der Waals surface area contributed by atoms with E-state index >= 15 is 0 Å². The molecule has 98 valence electrons. The average molecular weight is 260 g/mol. The molecule has 6 heteroatoms. The van der Waals surface area contributed by atoms with Crippen LogP contribution in [0.2, 0.25) is 0 Å². The molecule has 1 saturated heterocycles. The molecule has 0 saturated carbocycles. The quantitative estimate of drug-likeness (QED) is 0.793. The van der Waals surface area contributed by atoms with Gasteiger partial charge in [0, 0.05) is 38.9 Å². The van der Waals surface area contributed by atoms with E-state index in [1.807, 2.05) is 0 Å². The summed E-state index contributed by atoms with van der Waals surface area (Å²) in [5.74, 6) is 0.767. The van der Waals surface area contributed by atoms with E-state index in [0.717, 1.165) is 12.3 Å². The Morgan fingerprint density at radius 1 is 1.59 bits per heavy atom. The minimum absolute atomic E-state index is 0.0446. The number of aliphatic hydroxyl groups is 1. The first-order chi connectivity index (χ1) is 7.79. The third kappa shape index (κ3) is 4.95. The summed E-state index contributed by atoms with van der Waals surface area (Å²) in [6.07, 6.45) is 0.318. The van der Waals surface area contributed by atoms with Crippen molar-refractivity contribution in [2.24, 2.45) is 0 Å². The molecule has 1 rings (SSSR count). The molecular weight excluding hydrogens is 240 g/mol. The van der Waals surface area contributed by atoms with Crippen molar-refractivity contribution in [1.82, 2.24) is 9.80 Å². The van der Waals surface area contributed by atoms with Crippen molar-refractivity contribution < 1.29 is 14.7 Å². The van der Waals surface area contributed by atoms with Crippen LogP contribution in [0.1, 0.15) is 20.3 Å². The first-order valence-corrected chi connectivity index (χ1v) is 6.66. The van der Waals surface area contributed by atoms with Crippen LogP contribution in [0.25, 0.3) is 0 Å². The Morgan fingerprint density at radius 2 is 2.24 bits per heavy atom. The fraction of sp³-hybridized carbons (Fsp3) is 0.818. The van der Waals surface area contributed by atoms with Crippen LogP contribution >= 0.6 is 11.8 Å². The van der Waals surface area contributed by atoms with Crippen molar-refractivity contribution in [3.05, 3.63) is 0 Å². The lowest BCUT2D eigenvalue weighted by molar-refractivity contribution is -0.132. The lowest BCUT2D eigenvalue weighted by Gasteiger charge is -2.26. The molecule has 0 aromatic carbocycles. The van der Waals surface area contributed by atoms with Gasteiger partial charge in [-0.3, -0.25) is 9.59 Å². The smallest absolute Gasteiger partial charge is 0.281 e. The summed E-state index contributed by atoms with van der Waals surface area (Å²) in [7, 11) is 1.67. The molecule has 0 spiro atoms. The molecule has 0 aromatic heterocycles. The molecule has 17 heavy (non-hydrogen) atoms. The summed E-state index contributed by atoms with van der Waals surface area (Å²) in [5.41, 5.74) is -0.885. The zero-order valence-corrected chi connectivity index (χ0v) is 11.4. The first-order valence-electron chi connectivity index (χ1n) is 5.67. The lowest BCUT2D eigenvalue weighted by atomic mass is 10.1. The van der Waals surface area contributed by atoms with E-state index < -0.39 is 5.60 Å². The van der Waals surface area contributed by atoms with E-state index in [1.54, 1.807) is 25.8 Å². The molecule has 2 amide bonds. The van der Waals surface area contributed by atoms with Gasteiger partial charge in [0.05, 0.1) is 5.60 Å². The minimum atomic E-state index is -0.885. The molecule has 1 aliphatic rings. The van der Waals surface area contributed by atoms with Crippen LogP contribution in [0.15, 0.2) is 0 Å².